The number of nitrogens with zero attached hydrogens (tertiary/aromatic N) is 1. The number of carboxylic acids is 2. The average Bonchev–Trinajstić information content (AvgIpc) is 3.12. The van der Waals surface area contributed by atoms with Crippen LogP contribution >= 0.6 is 0 Å². The van der Waals surface area contributed by atoms with Gasteiger partial charge in [0.05, 0.1) is 5.39 Å². The molecule has 1 aromatic carbocycles. The quantitative estimate of drug-likeness (QED) is 0.245. The average molecular weight is 451 g/mol. The van der Waals surface area contributed by atoms with Crippen molar-refractivity contribution < 1.29 is 24.6 Å². The first-order valence-electron chi connectivity index (χ1n) is 9.44. The van der Waals surface area contributed by atoms with Crippen LogP contribution in [0.15, 0.2) is 35.3 Å². The van der Waals surface area contributed by atoms with E-state index in [-0.39, 0.29) is 53.9 Å². The van der Waals surface area contributed by atoms with Crippen LogP contribution in [0.25, 0.3) is 11.0 Å². The number of aromatic amines is 2. The molecule has 32 heavy (non-hydrogen) atoms. The van der Waals surface area contributed by atoms with E-state index in [1.807, 2.05) is 0 Å². The van der Waals surface area contributed by atoms with E-state index in [4.69, 9.17) is 15.9 Å². The van der Waals surface area contributed by atoms with E-state index in [2.05, 4.69) is 20.3 Å². The maximum atomic E-state index is 12.3. The molecule has 2 heterocycles. The fraction of sp³-hybridized carbons (Fsp3) is 0.250. The molecule has 12 heteroatoms. The van der Waals surface area contributed by atoms with Crippen molar-refractivity contribution in [1.82, 2.24) is 20.3 Å². The summed E-state index contributed by atoms with van der Waals surface area (Å²) in [5, 5.41) is 20.6. The standard InChI is InChI=1S/C20H21N5O6.Na.H/c21-20-24-16-15(18(29)25-20)12(9-22-16)6-3-10-1-4-11(5-2-10)17(28)23-13(19(30)31)7-8-14(26)27;;/h1-2,4-5,9,13H,3,6-8H2,(H,23,28)(H,26,27)(H,30,31)(H4,21,22,24,25,29);;/t13-;;/m0../s1. The van der Waals surface area contributed by atoms with Crippen molar-refractivity contribution in [3.05, 3.63) is 57.5 Å². The van der Waals surface area contributed by atoms with Crippen LogP contribution in [0, 0.1) is 0 Å². The molecule has 7 N–H and O–H groups in total. The Morgan fingerprint density at radius 2 is 1.81 bits per heavy atom. The summed E-state index contributed by atoms with van der Waals surface area (Å²) in [4.78, 5) is 55.7. The third kappa shape index (κ3) is 6.19. The number of nitrogens with two attached hydrogens (primary N) is 1. The molecule has 0 spiro atoms. The van der Waals surface area contributed by atoms with E-state index in [9.17, 15) is 19.2 Å². The van der Waals surface area contributed by atoms with Crippen LogP contribution in [0.5, 0.6) is 0 Å². The van der Waals surface area contributed by atoms with Gasteiger partial charge in [-0.3, -0.25) is 14.4 Å². The Kier molecular flexibility index (Phi) is 8.58. The number of aromatic nitrogens is 3. The molecule has 0 unspecified atom stereocenters. The number of nitrogens with one attached hydrogen (secondary N) is 3. The van der Waals surface area contributed by atoms with Gasteiger partial charge in [-0.05, 0) is 42.5 Å². The molecule has 0 fully saturated rings. The van der Waals surface area contributed by atoms with Gasteiger partial charge in [0.1, 0.15) is 11.7 Å². The number of hydrogen-bond acceptors (Lipinski definition) is 6. The molecule has 0 aliphatic carbocycles. The number of benzene rings is 1. The van der Waals surface area contributed by atoms with E-state index < -0.39 is 29.4 Å². The molecular weight excluding hydrogens is 429 g/mol. The Bertz CT molecular complexity index is 1190. The van der Waals surface area contributed by atoms with Crippen LogP contribution in [0.2, 0.25) is 0 Å². The Morgan fingerprint density at radius 1 is 1.12 bits per heavy atom. The summed E-state index contributed by atoms with van der Waals surface area (Å²) in [6, 6.07) is 5.30. The van der Waals surface area contributed by atoms with E-state index in [0.717, 1.165) is 11.1 Å². The second-order valence-corrected chi connectivity index (χ2v) is 6.98. The van der Waals surface area contributed by atoms with Gasteiger partial charge in [0, 0.05) is 18.2 Å². The fourth-order valence-corrected chi connectivity index (χ4v) is 3.19. The number of H-pyrrole nitrogens is 2. The second kappa shape index (κ2) is 10.9. The van der Waals surface area contributed by atoms with Crippen LogP contribution in [-0.2, 0) is 22.4 Å². The molecule has 164 valence electrons. The summed E-state index contributed by atoms with van der Waals surface area (Å²) < 4.78 is 0. The van der Waals surface area contributed by atoms with Gasteiger partial charge >= 0.3 is 41.5 Å². The van der Waals surface area contributed by atoms with Gasteiger partial charge in [0.15, 0.2) is 0 Å². The SMILES string of the molecule is Nc1nc(=O)c2c(CCc3ccc(C(=O)N[C@@H](CCC(=O)O)C(=O)O)cc3)c[nH]c2[nH]1.[NaH]. The molecule has 1 amide bonds. The number of carbonyl (C=O) groups excluding carboxylic acids is 1. The van der Waals surface area contributed by atoms with Crippen LogP contribution < -0.4 is 16.6 Å². The summed E-state index contributed by atoms with van der Waals surface area (Å²) in [5.74, 6) is -3.00. The molecule has 0 aliphatic rings. The molecule has 0 radical (unpaired) electrons. The van der Waals surface area contributed by atoms with Crippen molar-refractivity contribution in [2.45, 2.75) is 31.7 Å². The topological polar surface area (TPSA) is 191 Å². The minimum absolute atomic E-state index is 0. The van der Waals surface area contributed by atoms with Crippen LogP contribution in [0.4, 0.5) is 5.95 Å². The number of aliphatic carboxylic acids is 2. The first-order chi connectivity index (χ1) is 14.7. The third-order valence-corrected chi connectivity index (χ3v) is 4.80. The predicted molar refractivity (Wildman–Crippen MR) is 118 cm³/mol. The number of amides is 1. The maximum absolute atomic E-state index is 12.3. The van der Waals surface area contributed by atoms with Gasteiger partial charge in [-0.25, -0.2) is 4.79 Å². The number of hydrogen-bond donors (Lipinski definition) is 6. The van der Waals surface area contributed by atoms with Crippen LogP contribution in [-0.4, -0.2) is 78.6 Å². The molecule has 3 rings (SSSR count). The normalized spacial score (nSPS) is 11.5. The molecule has 0 aliphatic heterocycles. The molecule has 11 nitrogen and oxygen atoms in total. The van der Waals surface area contributed by atoms with E-state index in [0.29, 0.717) is 23.9 Å². The monoisotopic (exact) mass is 451 g/mol. The Hall–Kier alpha value is -3.15. The van der Waals surface area contributed by atoms with Crippen molar-refractivity contribution in [2.24, 2.45) is 0 Å². The van der Waals surface area contributed by atoms with Crippen LogP contribution in [0.3, 0.4) is 0 Å². The molecule has 0 saturated carbocycles. The first kappa shape index (κ1) is 25.1. The van der Waals surface area contributed by atoms with Crippen molar-refractivity contribution in [1.29, 1.82) is 0 Å². The van der Waals surface area contributed by atoms with Crippen molar-refractivity contribution in [2.75, 3.05) is 5.73 Å². The number of fused-ring (bicyclic) bond motifs is 1. The van der Waals surface area contributed by atoms with Crippen molar-refractivity contribution in [3.8, 4) is 0 Å². The van der Waals surface area contributed by atoms with Gasteiger partial charge in [0.2, 0.25) is 5.95 Å². The van der Waals surface area contributed by atoms with Gasteiger partial charge in [-0.1, -0.05) is 12.1 Å². The number of carbonyl (C=O) groups is 3. The first-order valence-corrected chi connectivity index (χ1v) is 9.44. The molecule has 2 aromatic heterocycles. The van der Waals surface area contributed by atoms with Gasteiger partial charge < -0.3 is 31.2 Å². The van der Waals surface area contributed by atoms with E-state index in [1.165, 1.54) is 0 Å². The zero-order valence-corrected chi connectivity index (χ0v) is 16.3. The Labute approximate surface area is 203 Å². The Morgan fingerprint density at radius 3 is 2.44 bits per heavy atom. The molecular formula is C20H22N5NaO6. The number of rotatable bonds is 9. The van der Waals surface area contributed by atoms with Crippen LogP contribution in [0.1, 0.15) is 34.3 Å². The summed E-state index contributed by atoms with van der Waals surface area (Å²) in [6.45, 7) is 0. The van der Waals surface area contributed by atoms with E-state index >= 15 is 0 Å². The van der Waals surface area contributed by atoms with Gasteiger partial charge in [-0.15, -0.1) is 0 Å². The zero-order valence-electron chi connectivity index (χ0n) is 16.3. The Balaban J connectivity index is 0.00000363. The zero-order chi connectivity index (χ0) is 22.5. The fourth-order valence-electron chi connectivity index (χ4n) is 3.19. The van der Waals surface area contributed by atoms with E-state index in [1.54, 1.807) is 30.5 Å². The minimum atomic E-state index is -1.30. The second-order valence-electron chi connectivity index (χ2n) is 6.98. The molecule has 0 saturated heterocycles. The number of anilines is 1. The third-order valence-electron chi connectivity index (χ3n) is 4.80. The molecule has 0 bridgehead atoms. The summed E-state index contributed by atoms with van der Waals surface area (Å²) in [6.07, 6.45) is 2.29. The molecule has 3 aromatic rings. The van der Waals surface area contributed by atoms with Gasteiger partial charge in [0.25, 0.3) is 11.5 Å². The van der Waals surface area contributed by atoms with Crippen molar-refractivity contribution >= 4 is 64.4 Å². The summed E-state index contributed by atoms with van der Waals surface area (Å²) in [7, 11) is 0. The summed E-state index contributed by atoms with van der Waals surface area (Å²) >= 11 is 0. The number of aryl methyl sites for hydroxylation is 2. The molecule has 1 atom stereocenters. The van der Waals surface area contributed by atoms with Crippen molar-refractivity contribution in [3.63, 3.8) is 0 Å². The van der Waals surface area contributed by atoms with Gasteiger partial charge in [-0.2, -0.15) is 4.98 Å². The summed E-state index contributed by atoms with van der Waals surface area (Å²) in [5.41, 5.74) is 7.59. The number of nitrogen functional groups attached to an aromatic ring is 1. The number of carboxylic acid groups (broad SMARTS) is 2. The predicted octanol–water partition coefficient (Wildman–Crippen LogP) is 0.0179.